The molecule has 2 aromatic rings. The molecular formula is C15H18O3S. The minimum absolute atomic E-state index is 0.0370. The van der Waals surface area contributed by atoms with Gasteiger partial charge in [0.05, 0.1) is 4.90 Å². The van der Waals surface area contributed by atoms with Crippen LogP contribution in [0.15, 0.2) is 29.2 Å². The minimum Gasteiger partial charge on any atom is -0.282 e. The molecule has 0 bridgehead atoms. The maximum Gasteiger partial charge on any atom is 0.294 e. The first-order valence-electron chi connectivity index (χ1n) is 6.23. The zero-order valence-electron chi connectivity index (χ0n) is 11.6. The van der Waals surface area contributed by atoms with Crippen molar-refractivity contribution in [3.63, 3.8) is 0 Å². The van der Waals surface area contributed by atoms with Gasteiger partial charge in [0.15, 0.2) is 0 Å². The fraction of sp³-hybridized carbons (Fsp3) is 0.333. The summed E-state index contributed by atoms with van der Waals surface area (Å²) in [4.78, 5) is -0.0370. The lowest BCUT2D eigenvalue weighted by atomic mass is 9.90. The average Bonchev–Trinajstić information content (AvgIpc) is 2.26. The predicted octanol–water partition coefficient (Wildman–Crippen LogP) is 3.83. The molecule has 0 spiro atoms. The molecule has 102 valence electrons. The molecule has 0 aliphatic rings. The molecule has 19 heavy (non-hydrogen) atoms. The highest BCUT2D eigenvalue weighted by molar-refractivity contribution is 7.85. The standard InChI is InChI=1S/C15H18O3S/c1-9(2)15-10(3)5-6-13-11(4)7-12(8-14(13)15)19(16,17)18/h5-9H,1-4H3,(H,16,17,18). The van der Waals surface area contributed by atoms with Crippen LogP contribution < -0.4 is 0 Å². The van der Waals surface area contributed by atoms with E-state index in [0.717, 1.165) is 27.5 Å². The van der Waals surface area contributed by atoms with Gasteiger partial charge in [-0.3, -0.25) is 4.55 Å². The number of hydrogen-bond donors (Lipinski definition) is 1. The second-order valence-corrected chi connectivity index (χ2v) is 6.68. The van der Waals surface area contributed by atoms with Crippen molar-refractivity contribution in [3.05, 3.63) is 41.0 Å². The summed E-state index contributed by atoms with van der Waals surface area (Å²) in [7, 11) is -4.17. The quantitative estimate of drug-likeness (QED) is 0.849. The van der Waals surface area contributed by atoms with Gasteiger partial charge < -0.3 is 0 Å². The highest BCUT2D eigenvalue weighted by atomic mass is 32.2. The van der Waals surface area contributed by atoms with Gasteiger partial charge in [-0.25, -0.2) is 0 Å². The third-order valence-corrected chi connectivity index (χ3v) is 4.28. The van der Waals surface area contributed by atoms with Gasteiger partial charge in [0.25, 0.3) is 10.1 Å². The average molecular weight is 278 g/mol. The lowest BCUT2D eigenvalue weighted by molar-refractivity contribution is 0.483. The van der Waals surface area contributed by atoms with Crippen molar-refractivity contribution in [1.29, 1.82) is 0 Å². The molecule has 0 saturated heterocycles. The molecule has 0 aliphatic heterocycles. The third-order valence-electron chi connectivity index (χ3n) is 3.45. The number of fused-ring (bicyclic) bond motifs is 1. The topological polar surface area (TPSA) is 54.4 Å². The SMILES string of the molecule is Cc1ccc2c(C)cc(S(=O)(=O)O)cc2c1C(C)C. The van der Waals surface area contributed by atoms with E-state index < -0.39 is 10.1 Å². The van der Waals surface area contributed by atoms with Crippen molar-refractivity contribution in [3.8, 4) is 0 Å². The van der Waals surface area contributed by atoms with Crippen LogP contribution in [0.3, 0.4) is 0 Å². The van der Waals surface area contributed by atoms with Gasteiger partial charge in [-0.2, -0.15) is 8.42 Å². The molecule has 0 heterocycles. The van der Waals surface area contributed by atoms with Crippen molar-refractivity contribution in [1.82, 2.24) is 0 Å². The fourth-order valence-electron chi connectivity index (χ4n) is 2.64. The Morgan fingerprint density at radius 3 is 2.16 bits per heavy atom. The Bertz CT molecular complexity index is 744. The molecule has 2 rings (SSSR count). The van der Waals surface area contributed by atoms with Gasteiger partial charge in [-0.05, 0) is 59.4 Å². The van der Waals surface area contributed by atoms with Gasteiger partial charge in [0.1, 0.15) is 0 Å². The molecule has 4 heteroatoms. The van der Waals surface area contributed by atoms with Crippen LogP contribution in [-0.2, 0) is 10.1 Å². The smallest absolute Gasteiger partial charge is 0.282 e. The molecule has 0 fully saturated rings. The van der Waals surface area contributed by atoms with Gasteiger partial charge in [0, 0.05) is 0 Å². The van der Waals surface area contributed by atoms with E-state index in [1.807, 2.05) is 19.9 Å². The van der Waals surface area contributed by atoms with Crippen LogP contribution in [0.5, 0.6) is 0 Å². The van der Waals surface area contributed by atoms with E-state index in [9.17, 15) is 13.0 Å². The van der Waals surface area contributed by atoms with E-state index in [1.165, 1.54) is 6.07 Å². The Labute approximate surface area is 114 Å². The van der Waals surface area contributed by atoms with Crippen molar-refractivity contribution in [2.75, 3.05) is 0 Å². The van der Waals surface area contributed by atoms with Crippen LogP contribution in [0.4, 0.5) is 0 Å². The molecule has 3 nitrogen and oxygen atoms in total. The Balaban J connectivity index is 2.96. The normalized spacial score (nSPS) is 12.3. The zero-order valence-corrected chi connectivity index (χ0v) is 12.4. The molecule has 0 saturated carbocycles. The van der Waals surface area contributed by atoms with Crippen LogP contribution in [0, 0.1) is 13.8 Å². The molecule has 1 N–H and O–H groups in total. The van der Waals surface area contributed by atoms with Crippen LogP contribution in [-0.4, -0.2) is 13.0 Å². The predicted molar refractivity (Wildman–Crippen MR) is 77.3 cm³/mol. The van der Waals surface area contributed by atoms with Crippen molar-refractivity contribution >= 4 is 20.9 Å². The summed E-state index contributed by atoms with van der Waals surface area (Å²) in [5.74, 6) is 0.291. The first-order chi connectivity index (χ1) is 8.71. The molecule has 0 radical (unpaired) electrons. The van der Waals surface area contributed by atoms with Gasteiger partial charge >= 0.3 is 0 Å². The highest BCUT2D eigenvalue weighted by Gasteiger charge is 2.16. The number of hydrogen-bond acceptors (Lipinski definition) is 2. The number of aryl methyl sites for hydroxylation is 2. The first-order valence-corrected chi connectivity index (χ1v) is 7.67. The summed E-state index contributed by atoms with van der Waals surface area (Å²) in [5.41, 5.74) is 3.12. The van der Waals surface area contributed by atoms with Crippen LogP contribution in [0.2, 0.25) is 0 Å². The summed E-state index contributed by atoms with van der Waals surface area (Å²) in [5, 5.41) is 1.93. The van der Waals surface area contributed by atoms with E-state index in [2.05, 4.69) is 19.9 Å². The van der Waals surface area contributed by atoms with Gasteiger partial charge in [0.2, 0.25) is 0 Å². The number of rotatable bonds is 2. The van der Waals surface area contributed by atoms with Crippen LogP contribution in [0.1, 0.15) is 36.5 Å². The summed E-state index contributed by atoms with van der Waals surface area (Å²) >= 11 is 0. The second kappa shape index (κ2) is 4.62. The van der Waals surface area contributed by atoms with E-state index in [4.69, 9.17) is 0 Å². The van der Waals surface area contributed by atoms with Crippen molar-refractivity contribution in [2.45, 2.75) is 38.5 Å². The molecule has 0 unspecified atom stereocenters. The molecule has 2 aromatic carbocycles. The van der Waals surface area contributed by atoms with E-state index in [-0.39, 0.29) is 4.90 Å². The van der Waals surface area contributed by atoms with Crippen molar-refractivity contribution in [2.24, 2.45) is 0 Å². The third kappa shape index (κ3) is 2.51. The monoisotopic (exact) mass is 278 g/mol. The van der Waals surface area contributed by atoms with Crippen LogP contribution in [0.25, 0.3) is 10.8 Å². The molecule has 0 aromatic heterocycles. The van der Waals surface area contributed by atoms with Crippen LogP contribution >= 0.6 is 0 Å². The number of benzene rings is 2. The Morgan fingerprint density at radius 1 is 1.00 bits per heavy atom. The largest absolute Gasteiger partial charge is 0.294 e. The lowest BCUT2D eigenvalue weighted by Gasteiger charge is -2.16. The van der Waals surface area contributed by atoms with Gasteiger partial charge in [-0.1, -0.05) is 26.0 Å². The highest BCUT2D eigenvalue weighted by Crippen LogP contribution is 2.32. The second-order valence-electron chi connectivity index (χ2n) is 5.26. The van der Waals surface area contributed by atoms with E-state index in [0.29, 0.717) is 5.92 Å². The molecule has 0 aliphatic carbocycles. The maximum atomic E-state index is 11.4. The Kier molecular flexibility index (Phi) is 3.41. The molecular weight excluding hydrogens is 260 g/mol. The lowest BCUT2D eigenvalue weighted by Crippen LogP contribution is -2.01. The zero-order chi connectivity index (χ0) is 14.4. The Hall–Kier alpha value is -1.39. The fourth-order valence-corrected chi connectivity index (χ4v) is 3.23. The summed E-state index contributed by atoms with van der Waals surface area (Å²) in [6.07, 6.45) is 0. The maximum absolute atomic E-state index is 11.4. The van der Waals surface area contributed by atoms with E-state index in [1.54, 1.807) is 6.07 Å². The van der Waals surface area contributed by atoms with E-state index >= 15 is 0 Å². The summed E-state index contributed by atoms with van der Waals surface area (Å²) in [6, 6.07) is 7.13. The first kappa shape index (κ1) is 14.0. The molecule has 0 atom stereocenters. The molecule has 0 amide bonds. The van der Waals surface area contributed by atoms with Gasteiger partial charge in [-0.15, -0.1) is 0 Å². The Morgan fingerprint density at radius 2 is 1.63 bits per heavy atom. The summed E-state index contributed by atoms with van der Waals surface area (Å²) in [6.45, 7) is 8.04. The summed E-state index contributed by atoms with van der Waals surface area (Å²) < 4.78 is 31.9. The minimum atomic E-state index is -4.17. The van der Waals surface area contributed by atoms with Crippen molar-refractivity contribution < 1.29 is 13.0 Å².